The number of alkyl halides is 3. The zero-order chi connectivity index (χ0) is 13.2. The lowest BCUT2D eigenvalue weighted by Crippen LogP contribution is -2.13. The number of allylic oxidation sites excluding steroid dienone is 3. The number of thiazole rings is 1. The Morgan fingerprint density at radius 1 is 1.50 bits per heavy atom. The average Bonchev–Trinajstić information content (AvgIpc) is 2.76. The van der Waals surface area contributed by atoms with E-state index in [4.69, 9.17) is 5.11 Å². The van der Waals surface area contributed by atoms with Crippen LogP contribution in [0.5, 0.6) is 0 Å². The first-order valence-electron chi connectivity index (χ1n) is 5.17. The molecule has 0 saturated heterocycles. The molecule has 0 fully saturated rings. The van der Waals surface area contributed by atoms with Gasteiger partial charge in [-0.1, -0.05) is 6.08 Å². The molecule has 1 heterocycles. The SMILES string of the molecule is OCc1csc(C2C=CC(OC(F)(F)F)=CC2)n1. The molecule has 1 atom stereocenters. The molecular formula is C11H10F3NO2S. The van der Waals surface area contributed by atoms with E-state index in [1.54, 1.807) is 11.5 Å². The Kier molecular flexibility index (Phi) is 3.72. The highest BCUT2D eigenvalue weighted by atomic mass is 32.1. The van der Waals surface area contributed by atoms with Gasteiger partial charge in [0, 0.05) is 11.3 Å². The normalized spacial score (nSPS) is 19.8. The summed E-state index contributed by atoms with van der Waals surface area (Å²) in [7, 11) is 0. The van der Waals surface area contributed by atoms with Crippen molar-refractivity contribution in [3.63, 3.8) is 0 Å². The van der Waals surface area contributed by atoms with Crippen LogP contribution in [0.2, 0.25) is 0 Å². The molecule has 0 bridgehead atoms. The van der Waals surface area contributed by atoms with Crippen LogP contribution < -0.4 is 0 Å². The molecule has 0 saturated carbocycles. The topological polar surface area (TPSA) is 42.4 Å². The van der Waals surface area contributed by atoms with Crippen molar-refractivity contribution in [2.45, 2.75) is 25.3 Å². The van der Waals surface area contributed by atoms with Crippen molar-refractivity contribution in [2.75, 3.05) is 0 Å². The maximum atomic E-state index is 12.0. The number of halogens is 3. The van der Waals surface area contributed by atoms with Crippen molar-refractivity contribution < 1.29 is 23.0 Å². The van der Waals surface area contributed by atoms with Crippen LogP contribution in [0, 0.1) is 0 Å². The van der Waals surface area contributed by atoms with Crippen molar-refractivity contribution in [1.29, 1.82) is 0 Å². The van der Waals surface area contributed by atoms with Gasteiger partial charge in [-0.25, -0.2) is 4.98 Å². The third-order valence-corrected chi connectivity index (χ3v) is 3.37. The zero-order valence-electron chi connectivity index (χ0n) is 9.15. The molecule has 18 heavy (non-hydrogen) atoms. The fraction of sp³-hybridized carbons (Fsp3) is 0.364. The largest absolute Gasteiger partial charge is 0.573 e. The maximum absolute atomic E-state index is 12.0. The molecule has 0 aliphatic heterocycles. The van der Waals surface area contributed by atoms with Crippen molar-refractivity contribution in [2.24, 2.45) is 0 Å². The minimum atomic E-state index is -4.66. The first kappa shape index (κ1) is 13.1. The zero-order valence-corrected chi connectivity index (χ0v) is 9.96. The predicted octanol–water partition coefficient (Wildman–Crippen LogP) is 3.10. The molecule has 1 N–H and O–H groups in total. The number of aromatic nitrogens is 1. The number of hydrogen-bond donors (Lipinski definition) is 1. The van der Waals surface area contributed by atoms with E-state index in [0.29, 0.717) is 12.1 Å². The van der Waals surface area contributed by atoms with Crippen LogP contribution in [-0.4, -0.2) is 16.5 Å². The molecule has 0 amide bonds. The second kappa shape index (κ2) is 5.11. The standard InChI is InChI=1S/C11H10F3NO2S/c12-11(13,14)17-9-3-1-7(2-4-9)10-15-8(5-16)6-18-10/h1,3-4,6-7,16H,2,5H2. The second-order valence-corrected chi connectivity index (χ2v) is 4.58. The predicted molar refractivity (Wildman–Crippen MR) is 59.8 cm³/mol. The highest BCUT2D eigenvalue weighted by Gasteiger charge is 2.32. The summed E-state index contributed by atoms with van der Waals surface area (Å²) in [5.74, 6) is -0.256. The molecule has 1 aliphatic carbocycles. The second-order valence-electron chi connectivity index (χ2n) is 3.69. The van der Waals surface area contributed by atoms with E-state index >= 15 is 0 Å². The molecule has 1 aromatic rings. The van der Waals surface area contributed by atoms with E-state index in [1.165, 1.54) is 23.5 Å². The molecule has 0 radical (unpaired) electrons. The Balaban J connectivity index is 2.00. The molecule has 98 valence electrons. The summed E-state index contributed by atoms with van der Waals surface area (Å²) < 4.78 is 39.7. The first-order valence-corrected chi connectivity index (χ1v) is 6.05. The van der Waals surface area contributed by atoms with Crippen LogP contribution >= 0.6 is 11.3 Å². The van der Waals surface area contributed by atoms with E-state index in [2.05, 4.69) is 9.72 Å². The van der Waals surface area contributed by atoms with E-state index in [0.717, 1.165) is 5.01 Å². The molecule has 1 unspecified atom stereocenters. The summed E-state index contributed by atoms with van der Waals surface area (Å²) in [6, 6.07) is 0. The van der Waals surface area contributed by atoms with E-state index in [1.807, 2.05) is 0 Å². The number of aliphatic hydroxyl groups excluding tert-OH is 1. The van der Waals surface area contributed by atoms with Gasteiger partial charge in [0.2, 0.25) is 0 Å². The summed E-state index contributed by atoms with van der Waals surface area (Å²) >= 11 is 1.38. The van der Waals surface area contributed by atoms with Crippen LogP contribution in [0.15, 0.2) is 29.4 Å². The average molecular weight is 277 g/mol. The fourth-order valence-electron chi connectivity index (χ4n) is 1.56. The quantitative estimate of drug-likeness (QED) is 0.923. The third-order valence-electron chi connectivity index (χ3n) is 2.35. The van der Waals surface area contributed by atoms with Gasteiger partial charge in [-0.15, -0.1) is 24.5 Å². The smallest absolute Gasteiger partial charge is 0.406 e. The van der Waals surface area contributed by atoms with E-state index in [9.17, 15) is 13.2 Å². The van der Waals surface area contributed by atoms with Gasteiger partial charge >= 0.3 is 6.36 Å². The molecule has 1 aliphatic rings. The summed E-state index contributed by atoms with van der Waals surface area (Å²) in [5.41, 5.74) is 0.574. The first-order chi connectivity index (χ1) is 8.48. The lowest BCUT2D eigenvalue weighted by atomic mass is 10.0. The Labute approximate surface area is 105 Å². The molecule has 2 rings (SSSR count). The van der Waals surface area contributed by atoms with Gasteiger partial charge in [-0.2, -0.15) is 0 Å². The van der Waals surface area contributed by atoms with Gasteiger partial charge in [0.05, 0.1) is 12.3 Å². The van der Waals surface area contributed by atoms with Gasteiger partial charge in [0.15, 0.2) is 0 Å². The number of nitrogens with zero attached hydrogens (tertiary/aromatic N) is 1. The highest BCUT2D eigenvalue weighted by Crippen LogP contribution is 2.31. The number of rotatable bonds is 3. The minimum Gasteiger partial charge on any atom is -0.406 e. The minimum absolute atomic E-state index is 0.0594. The maximum Gasteiger partial charge on any atom is 0.573 e. The molecule has 3 nitrogen and oxygen atoms in total. The Bertz CT molecular complexity index is 479. The van der Waals surface area contributed by atoms with Gasteiger partial charge in [0.25, 0.3) is 0 Å². The number of ether oxygens (including phenoxy) is 1. The van der Waals surface area contributed by atoms with Crippen LogP contribution in [0.1, 0.15) is 23.0 Å². The van der Waals surface area contributed by atoms with Crippen LogP contribution in [-0.2, 0) is 11.3 Å². The van der Waals surface area contributed by atoms with Crippen LogP contribution in [0.3, 0.4) is 0 Å². The van der Waals surface area contributed by atoms with Crippen molar-refractivity contribution >= 4 is 11.3 Å². The molecule has 0 spiro atoms. The monoisotopic (exact) mass is 277 g/mol. The third kappa shape index (κ3) is 3.33. The molecule has 1 aromatic heterocycles. The molecule has 7 heteroatoms. The van der Waals surface area contributed by atoms with Crippen LogP contribution in [0.4, 0.5) is 13.2 Å². The van der Waals surface area contributed by atoms with Gasteiger partial charge in [-0.3, -0.25) is 0 Å². The van der Waals surface area contributed by atoms with E-state index in [-0.39, 0.29) is 18.3 Å². The van der Waals surface area contributed by atoms with Crippen molar-refractivity contribution in [1.82, 2.24) is 4.98 Å². The number of hydrogen-bond acceptors (Lipinski definition) is 4. The van der Waals surface area contributed by atoms with Gasteiger partial charge < -0.3 is 9.84 Å². The lowest BCUT2D eigenvalue weighted by molar-refractivity contribution is -0.303. The number of aliphatic hydroxyl groups is 1. The summed E-state index contributed by atoms with van der Waals surface area (Å²) in [5, 5.41) is 11.4. The lowest BCUT2D eigenvalue weighted by Gasteiger charge is -2.15. The highest BCUT2D eigenvalue weighted by molar-refractivity contribution is 7.09. The Hall–Kier alpha value is -1.34. The Morgan fingerprint density at radius 3 is 2.78 bits per heavy atom. The van der Waals surface area contributed by atoms with Gasteiger partial charge in [-0.05, 0) is 18.6 Å². The van der Waals surface area contributed by atoms with Crippen molar-refractivity contribution in [3.8, 4) is 0 Å². The van der Waals surface area contributed by atoms with E-state index < -0.39 is 6.36 Å². The van der Waals surface area contributed by atoms with Crippen LogP contribution in [0.25, 0.3) is 0 Å². The fourth-order valence-corrected chi connectivity index (χ4v) is 2.46. The molecule has 0 aromatic carbocycles. The summed E-state index contributed by atoms with van der Waals surface area (Å²) in [6.45, 7) is -0.134. The van der Waals surface area contributed by atoms with Gasteiger partial charge in [0.1, 0.15) is 10.8 Å². The van der Waals surface area contributed by atoms with Crippen molar-refractivity contribution in [3.05, 3.63) is 40.1 Å². The summed E-state index contributed by atoms with van der Waals surface area (Å²) in [6.07, 6.45) is 0.0510. The summed E-state index contributed by atoms with van der Waals surface area (Å²) in [4.78, 5) is 4.18. The molecular weight excluding hydrogens is 267 g/mol. The Morgan fingerprint density at radius 2 is 2.28 bits per heavy atom.